The summed E-state index contributed by atoms with van der Waals surface area (Å²) in [6.07, 6.45) is 2.49. The van der Waals surface area contributed by atoms with Gasteiger partial charge in [-0.3, -0.25) is 9.80 Å². The summed E-state index contributed by atoms with van der Waals surface area (Å²) >= 11 is 0. The van der Waals surface area contributed by atoms with Gasteiger partial charge in [0.25, 0.3) is 0 Å². The molecule has 0 amide bonds. The van der Waals surface area contributed by atoms with Crippen LogP contribution in [0, 0.1) is 0 Å². The van der Waals surface area contributed by atoms with Gasteiger partial charge in [0.05, 0.1) is 13.2 Å². The molecule has 2 saturated heterocycles. The standard InChI is InChI=1S/C17H25N3O/c1-2-14-4-6-18-17(14)15(3-1)12-19-7-5-16(13-19)20-8-10-21-11-9-20/h1-3,16,18H,4-13H2. The molecule has 1 unspecified atom stereocenters. The largest absolute Gasteiger partial charge is 0.384 e. The van der Waals surface area contributed by atoms with Crippen LogP contribution < -0.4 is 5.32 Å². The number of nitrogens with one attached hydrogen (secondary N) is 1. The van der Waals surface area contributed by atoms with Gasteiger partial charge in [0.15, 0.2) is 0 Å². The third-order valence-electron chi connectivity index (χ3n) is 5.14. The summed E-state index contributed by atoms with van der Waals surface area (Å²) in [7, 11) is 0. The van der Waals surface area contributed by atoms with Crippen molar-refractivity contribution in [3.8, 4) is 0 Å². The molecule has 114 valence electrons. The van der Waals surface area contributed by atoms with Crippen molar-refractivity contribution in [1.29, 1.82) is 0 Å². The Morgan fingerprint density at radius 3 is 3.00 bits per heavy atom. The van der Waals surface area contributed by atoms with E-state index in [1.54, 1.807) is 0 Å². The van der Waals surface area contributed by atoms with Gasteiger partial charge in [-0.15, -0.1) is 0 Å². The van der Waals surface area contributed by atoms with Crippen molar-refractivity contribution in [1.82, 2.24) is 9.80 Å². The Morgan fingerprint density at radius 1 is 1.19 bits per heavy atom. The number of likely N-dealkylation sites (tertiary alicyclic amines) is 1. The van der Waals surface area contributed by atoms with Gasteiger partial charge < -0.3 is 10.1 Å². The lowest BCUT2D eigenvalue weighted by Gasteiger charge is -2.32. The predicted molar refractivity (Wildman–Crippen MR) is 84.7 cm³/mol. The van der Waals surface area contributed by atoms with Gasteiger partial charge in [-0.2, -0.15) is 0 Å². The molecule has 3 aliphatic rings. The van der Waals surface area contributed by atoms with Crippen LogP contribution >= 0.6 is 0 Å². The van der Waals surface area contributed by atoms with Crippen molar-refractivity contribution >= 4 is 5.69 Å². The lowest BCUT2D eigenvalue weighted by Crippen LogP contribution is -2.44. The SMILES string of the molecule is c1cc2c(c(CN3CCC(N4CCOCC4)C3)c1)NCC2. The number of morpholine rings is 1. The van der Waals surface area contributed by atoms with E-state index in [1.165, 1.54) is 42.7 Å². The molecule has 4 nitrogen and oxygen atoms in total. The molecule has 1 N–H and O–H groups in total. The van der Waals surface area contributed by atoms with E-state index in [0.29, 0.717) is 0 Å². The number of nitrogens with zero attached hydrogens (tertiary/aromatic N) is 2. The van der Waals surface area contributed by atoms with Crippen LogP contribution in [0.2, 0.25) is 0 Å². The fourth-order valence-corrected chi connectivity index (χ4v) is 3.98. The molecule has 1 aromatic rings. The van der Waals surface area contributed by atoms with Crippen molar-refractivity contribution in [2.75, 3.05) is 51.3 Å². The Hall–Kier alpha value is -1.10. The number of benzene rings is 1. The van der Waals surface area contributed by atoms with E-state index in [1.807, 2.05) is 0 Å². The number of rotatable bonds is 3. The predicted octanol–water partition coefficient (Wildman–Crippen LogP) is 1.56. The van der Waals surface area contributed by atoms with Crippen LogP contribution in [0.3, 0.4) is 0 Å². The molecule has 3 heterocycles. The molecule has 0 aliphatic carbocycles. The number of hydrogen-bond donors (Lipinski definition) is 1. The van der Waals surface area contributed by atoms with Crippen molar-refractivity contribution in [2.45, 2.75) is 25.4 Å². The maximum atomic E-state index is 5.47. The first kappa shape index (κ1) is 13.6. The van der Waals surface area contributed by atoms with Crippen LogP contribution in [0.5, 0.6) is 0 Å². The van der Waals surface area contributed by atoms with Crippen LogP contribution in [0.15, 0.2) is 18.2 Å². The van der Waals surface area contributed by atoms with Crippen molar-refractivity contribution < 1.29 is 4.74 Å². The molecule has 3 aliphatic heterocycles. The summed E-state index contributed by atoms with van der Waals surface area (Å²) in [5.41, 5.74) is 4.39. The zero-order valence-electron chi connectivity index (χ0n) is 12.7. The molecule has 1 aromatic carbocycles. The van der Waals surface area contributed by atoms with E-state index in [4.69, 9.17) is 4.74 Å². The van der Waals surface area contributed by atoms with Crippen molar-refractivity contribution in [3.63, 3.8) is 0 Å². The van der Waals surface area contributed by atoms with Gasteiger partial charge in [-0.25, -0.2) is 0 Å². The summed E-state index contributed by atoms with van der Waals surface area (Å²) in [6.45, 7) is 8.68. The first-order valence-corrected chi connectivity index (χ1v) is 8.29. The molecular weight excluding hydrogens is 262 g/mol. The van der Waals surface area contributed by atoms with Gasteiger partial charge in [-0.1, -0.05) is 18.2 Å². The molecule has 21 heavy (non-hydrogen) atoms. The minimum atomic E-state index is 0.735. The highest BCUT2D eigenvalue weighted by molar-refractivity contribution is 5.61. The monoisotopic (exact) mass is 287 g/mol. The first-order chi connectivity index (χ1) is 10.4. The molecule has 0 saturated carbocycles. The second kappa shape index (κ2) is 5.95. The van der Waals surface area contributed by atoms with Gasteiger partial charge in [0.2, 0.25) is 0 Å². The van der Waals surface area contributed by atoms with Crippen molar-refractivity contribution in [3.05, 3.63) is 29.3 Å². The van der Waals surface area contributed by atoms with E-state index in [9.17, 15) is 0 Å². The van der Waals surface area contributed by atoms with Gasteiger partial charge in [0.1, 0.15) is 0 Å². The van der Waals surface area contributed by atoms with Crippen LogP contribution in [0.4, 0.5) is 5.69 Å². The summed E-state index contributed by atoms with van der Waals surface area (Å²) in [6, 6.07) is 7.51. The Morgan fingerprint density at radius 2 is 2.10 bits per heavy atom. The molecule has 1 atom stereocenters. The van der Waals surface area contributed by atoms with Crippen molar-refractivity contribution in [2.24, 2.45) is 0 Å². The Balaban J connectivity index is 1.39. The highest BCUT2D eigenvalue weighted by Gasteiger charge is 2.29. The second-order valence-corrected chi connectivity index (χ2v) is 6.45. The number of para-hydroxylation sites is 1. The van der Waals surface area contributed by atoms with Crippen LogP contribution in [0.1, 0.15) is 17.5 Å². The minimum absolute atomic E-state index is 0.735. The maximum absolute atomic E-state index is 5.47. The lowest BCUT2D eigenvalue weighted by atomic mass is 10.1. The number of hydrogen-bond acceptors (Lipinski definition) is 4. The smallest absolute Gasteiger partial charge is 0.0594 e. The number of fused-ring (bicyclic) bond motifs is 1. The first-order valence-electron chi connectivity index (χ1n) is 8.29. The Labute approximate surface area is 127 Å². The van der Waals surface area contributed by atoms with E-state index in [0.717, 1.165) is 45.4 Å². The van der Waals surface area contributed by atoms with Crippen LogP contribution in [-0.4, -0.2) is 61.8 Å². The maximum Gasteiger partial charge on any atom is 0.0594 e. The average Bonchev–Trinajstić information content (AvgIpc) is 3.17. The van der Waals surface area contributed by atoms with E-state index < -0.39 is 0 Å². The fourth-order valence-electron chi connectivity index (χ4n) is 3.98. The number of anilines is 1. The van der Waals surface area contributed by atoms with Gasteiger partial charge >= 0.3 is 0 Å². The molecule has 0 spiro atoms. The molecule has 4 heteroatoms. The second-order valence-electron chi connectivity index (χ2n) is 6.45. The van der Waals surface area contributed by atoms with E-state index >= 15 is 0 Å². The summed E-state index contributed by atoms with van der Waals surface area (Å²) in [5.74, 6) is 0. The summed E-state index contributed by atoms with van der Waals surface area (Å²) in [5, 5.41) is 3.56. The molecule has 0 bridgehead atoms. The number of ether oxygens (including phenoxy) is 1. The topological polar surface area (TPSA) is 27.7 Å². The molecule has 2 fully saturated rings. The minimum Gasteiger partial charge on any atom is -0.384 e. The quantitative estimate of drug-likeness (QED) is 0.913. The molecule has 0 aromatic heterocycles. The molecule has 4 rings (SSSR count). The summed E-state index contributed by atoms with van der Waals surface area (Å²) in [4.78, 5) is 5.24. The van der Waals surface area contributed by atoms with E-state index in [2.05, 4.69) is 33.3 Å². The van der Waals surface area contributed by atoms with Gasteiger partial charge in [-0.05, 0) is 24.0 Å². The fraction of sp³-hybridized carbons (Fsp3) is 0.647. The normalized spacial score (nSPS) is 26.8. The lowest BCUT2D eigenvalue weighted by molar-refractivity contribution is 0.0184. The molecule has 0 radical (unpaired) electrons. The third-order valence-corrected chi connectivity index (χ3v) is 5.14. The highest BCUT2D eigenvalue weighted by atomic mass is 16.5. The van der Waals surface area contributed by atoms with Crippen LogP contribution in [-0.2, 0) is 17.7 Å². The summed E-state index contributed by atoms with van der Waals surface area (Å²) < 4.78 is 5.47. The molecular formula is C17H25N3O. The zero-order chi connectivity index (χ0) is 14.1. The Kier molecular flexibility index (Phi) is 3.84. The van der Waals surface area contributed by atoms with E-state index in [-0.39, 0.29) is 0 Å². The van der Waals surface area contributed by atoms with Gasteiger partial charge in [0, 0.05) is 51.0 Å². The Bertz CT molecular complexity index is 499. The zero-order valence-corrected chi connectivity index (χ0v) is 12.7. The highest BCUT2D eigenvalue weighted by Crippen LogP contribution is 2.28. The third kappa shape index (κ3) is 2.80. The average molecular weight is 287 g/mol. The van der Waals surface area contributed by atoms with Crippen LogP contribution in [0.25, 0.3) is 0 Å².